The number of rotatable bonds is 17. The average molecular weight is 382 g/mol. The van der Waals surface area contributed by atoms with Crippen LogP contribution in [0.25, 0.3) is 0 Å². The Morgan fingerprint density at radius 3 is 1.96 bits per heavy atom. The first-order valence-electron chi connectivity index (χ1n) is 12.4. The van der Waals surface area contributed by atoms with E-state index in [0.717, 1.165) is 17.8 Å². The van der Waals surface area contributed by atoms with Crippen LogP contribution >= 0.6 is 0 Å². The molecule has 2 atom stereocenters. The maximum atomic E-state index is 2.82. The predicted molar refractivity (Wildman–Crippen MR) is 126 cm³/mol. The van der Waals surface area contributed by atoms with Crippen LogP contribution in [0.2, 0.25) is 0 Å². The zero-order chi connectivity index (χ0) is 20.7. The van der Waals surface area contributed by atoms with Crippen LogP contribution in [-0.4, -0.2) is 24.5 Å². The molecule has 0 saturated carbocycles. The molecule has 2 unspecified atom stereocenters. The Bertz CT molecular complexity index is 315. The van der Waals surface area contributed by atoms with Gasteiger partial charge in [0.15, 0.2) is 0 Å². The molecule has 0 aliphatic carbocycles. The van der Waals surface area contributed by atoms with E-state index < -0.39 is 0 Å². The Hall–Kier alpha value is -0.0400. The SMILES string of the molecule is CCCCC(CC)CN(CCCCCCC(C)C)CCC(C)CC(C)(C)C. The number of unbranched alkanes of at least 4 members (excludes halogenated alkanes) is 4. The summed E-state index contributed by atoms with van der Waals surface area (Å²) < 4.78 is 0. The molecule has 164 valence electrons. The third kappa shape index (κ3) is 17.8. The molecule has 0 aliphatic heterocycles. The van der Waals surface area contributed by atoms with Gasteiger partial charge in [0.25, 0.3) is 0 Å². The fourth-order valence-corrected chi connectivity index (χ4v) is 4.37. The van der Waals surface area contributed by atoms with Crippen LogP contribution < -0.4 is 0 Å². The number of hydrogen-bond acceptors (Lipinski definition) is 1. The lowest BCUT2D eigenvalue weighted by Crippen LogP contribution is -2.32. The van der Waals surface area contributed by atoms with Gasteiger partial charge in [-0.15, -0.1) is 0 Å². The van der Waals surface area contributed by atoms with Crippen molar-refractivity contribution in [1.29, 1.82) is 0 Å². The number of hydrogen-bond donors (Lipinski definition) is 0. The van der Waals surface area contributed by atoms with E-state index in [9.17, 15) is 0 Å². The summed E-state index contributed by atoms with van der Waals surface area (Å²) in [4.78, 5) is 2.82. The number of nitrogens with zero attached hydrogens (tertiary/aromatic N) is 1. The quantitative estimate of drug-likeness (QED) is 0.228. The molecular weight excluding hydrogens is 326 g/mol. The van der Waals surface area contributed by atoms with Crippen LogP contribution in [-0.2, 0) is 0 Å². The molecule has 0 amide bonds. The summed E-state index contributed by atoms with van der Waals surface area (Å²) in [5, 5.41) is 0. The molecule has 27 heavy (non-hydrogen) atoms. The first-order valence-corrected chi connectivity index (χ1v) is 12.4. The summed E-state index contributed by atoms with van der Waals surface area (Å²) in [6, 6.07) is 0. The summed E-state index contributed by atoms with van der Waals surface area (Å²) in [6.45, 7) is 23.0. The van der Waals surface area contributed by atoms with Crippen molar-refractivity contribution in [1.82, 2.24) is 4.90 Å². The van der Waals surface area contributed by atoms with Gasteiger partial charge < -0.3 is 4.90 Å². The van der Waals surface area contributed by atoms with Gasteiger partial charge in [-0.05, 0) is 61.9 Å². The molecule has 0 rings (SSSR count). The monoisotopic (exact) mass is 381 g/mol. The summed E-state index contributed by atoms with van der Waals surface area (Å²) in [5.74, 6) is 2.62. The Morgan fingerprint density at radius 1 is 0.741 bits per heavy atom. The van der Waals surface area contributed by atoms with E-state index in [2.05, 4.69) is 60.3 Å². The molecular formula is C26H55N. The van der Waals surface area contributed by atoms with Crippen molar-refractivity contribution in [2.45, 2.75) is 126 Å². The van der Waals surface area contributed by atoms with E-state index in [0.29, 0.717) is 5.41 Å². The van der Waals surface area contributed by atoms with Crippen LogP contribution in [0.1, 0.15) is 126 Å². The van der Waals surface area contributed by atoms with E-state index in [-0.39, 0.29) is 0 Å². The van der Waals surface area contributed by atoms with Crippen molar-refractivity contribution >= 4 is 0 Å². The molecule has 0 N–H and O–H groups in total. The second kappa shape index (κ2) is 15.8. The maximum absolute atomic E-state index is 2.82. The minimum Gasteiger partial charge on any atom is -0.303 e. The molecule has 1 nitrogen and oxygen atoms in total. The van der Waals surface area contributed by atoms with Crippen LogP contribution in [0.15, 0.2) is 0 Å². The minimum atomic E-state index is 0.466. The second-order valence-corrected chi connectivity index (χ2v) is 11.0. The molecule has 0 saturated heterocycles. The average Bonchev–Trinajstić information content (AvgIpc) is 2.56. The fraction of sp³-hybridized carbons (Fsp3) is 1.00. The summed E-state index contributed by atoms with van der Waals surface area (Å²) in [5.41, 5.74) is 0.466. The van der Waals surface area contributed by atoms with Gasteiger partial charge >= 0.3 is 0 Å². The normalized spacial score (nSPS) is 14.9. The van der Waals surface area contributed by atoms with Gasteiger partial charge in [0.05, 0.1) is 0 Å². The van der Waals surface area contributed by atoms with Crippen molar-refractivity contribution in [2.75, 3.05) is 19.6 Å². The van der Waals surface area contributed by atoms with Gasteiger partial charge in [-0.1, -0.05) is 100 Å². The fourth-order valence-electron chi connectivity index (χ4n) is 4.37. The van der Waals surface area contributed by atoms with Gasteiger partial charge in [0, 0.05) is 6.54 Å². The van der Waals surface area contributed by atoms with Gasteiger partial charge in [0.2, 0.25) is 0 Å². The first kappa shape index (κ1) is 27.0. The molecule has 0 aromatic rings. The minimum absolute atomic E-state index is 0.466. The van der Waals surface area contributed by atoms with E-state index in [1.165, 1.54) is 90.3 Å². The third-order valence-corrected chi connectivity index (χ3v) is 5.96. The molecule has 0 heterocycles. The highest BCUT2D eigenvalue weighted by Gasteiger charge is 2.17. The smallest absolute Gasteiger partial charge is 0.000956 e. The Kier molecular flexibility index (Phi) is 15.8. The lowest BCUT2D eigenvalue weighted by molar-refractivity contribution is 0.191. The summed E-state index contributed by atoms with van der Waals surface area (Å²) >= 11 is 0. The molecule has 1 heteroatoms. The van der Waals surface area contributed by atoms with Crippen LogP contribution in [0.4, 0.5) is 0 Å². The lowest BCUT2D eigenvalue weighted by atomic mass is 9.84. The zero-order valence-electron chi connectivity index (χ0n) is 20.6. The van der Waals surface area contributed by atoms with Gasteiger partial charge in [-0.3, -0.25) is 0 Å². The van der Waals surface area contributed by atoms with E-state index in [4.69, 9.17) is 0 Å². The Balaban J connectivity index is 4.38. The maximum Gasteiger partial charge on any atom is 0.000956 e. The molecule has 0 aromatic carbocycles. The zero-order valence-corrected chi connectivity index (χ0v) is 20.6. The standard InChI is InChI=1S/C26H55N/c1-9-11-17-25(10-2)22-27(19-15-13-12-14-16-23(3)4)20-18-24(5)21-26(6,7)8/h23-25H,9-22H2,1-8H3. The second-order valence-electron chi connectivity index (χ2n) is 11.0. The van der Waals surface area contributed by atoms with Gasteiger partial charge in [0.1, 0.15) is 0 Å². The van der Waals surface area contributed by atoms with Crippen molar-refractivity contribution in [3.63, 3.8) is 0 Å². The molecule has 0 bridgehead atoms. The van der Waals surface area contributed by atoms with Crippen LogP contribution in [0.3, 0.4) is 0 Å². The van der Waals surface area contributed by atoms with E-state index in [1.54, 1.807) is 0 Å². The highest BCUT2D eigenvalue weighted by Crippen LogP contribution is 2.26. The molecule has 0 aromatic heterocycles. The molecule has 0 radical (unpaired) electrons. The van der Waals surface area contributed by atoms with Crippen molar-refractivity contribution in [3.05, 3.63) is 0 Å². The van der Waals surface area contributed by atoms with Gasteiger partial charge in [-0.2, -0.15) is 0 Å². The lowest BCUT2D eigenvalue weighted by Gasteiger charge is -2.30. The van der Waals surface area contributed by atoms with E-state index in [1.807, 2.05) is 0 Å². The molecule has 0 aliphatic rings. The topological polar surface area (TPSA) is 3.24 Å². The Morgan fingerprint density at radius 2 is 1.41 bits per heavy atom. The summed E-state index contributed by atoms with van der Waals surface area (Å²) in [7, 11) is 0. The summed E-state index contributed by atoms with van der Waals surface area (Å²) in [6.07, 6.45) is 15.3. The van der Waals surface area contributed by atoms with Gasteiger partial charge in [-0.25, -0.2) is 0 Å². The van der Waals surface area contributed by atoms with Crippen LogP contribution in [0.5, 0.6) is 0 Å². The Labute approximate surface area is 174 Å². The largest absolute Gasteiger partial charge is 0.303 e. The molecule has 0 fully saturated rings. The predicted octanol–water partition coefficient (Wildman–Crippen LogP) is 8.57. The van der Waals surface area contributed by atoms with E-state index >= 15 is 0 Å². The highest BCUT2D eigenvalue weighted by molar-refractivity contribution is 4.71. The highest BCUT2D eigenvalue weighted by atomic mass is 15.1. The van der Waals surface area contributed by atoms with Crippen molar-refractivity contribution in [3.8, 4) is 0 Å². The molecule has 0 spiro atoms. The van der Waals surface area contributed by atoms with Crippen LogP contribution in [0, 0.1) is 23.2 Å². The van der Waals surface area contributed by atoms with Crippen molar-refractivity contribution < 1.29 is 0 Å². The van der Waals surface area contributed by atoms with Crippen molar-refractivity contribution in [2.24, 2.45) is 23.2 Å². The first-order chi connectivity index (χ1) is 12.7. The third-order valence-electron chi connectivity index (χ3n) is 5.96.